The molecule has 2 heterocycles. The van der Waals surface area contributed by atoms with Crippen LogP contribution in [0.1, 0.15) is 23.8 Å². The lowest BCUT2D eigenvalue weighted by atomic mass is 10.1. The quantitative estimate of drug-likeness (QED) is 0.772. The van der Waals surface area contributed by atoms with Crippen LogP contribution in [0.2, 0.25) is 0 Å². The molecule has 2 aromatic rings. The molecule has 1 atom stereocenters. The third-order valence-corrected chi connectivity index (χ3v) is 2.59. The molecule has 1 unspecified atom stereocenters. The topological polar surface area (TPSA) is 38.1 Å². The van der Waals surface area contributed by atoms with Crippen molar-refractivity contribution in [2.24, 2.45) is 0 Å². The van der Waals surface area contributed by atoms with Crippen molar-refractivity contribution in [1.82, 2.24) is 10.3 Å². The van der Waals surface area contributed by atoms with Gasteiger partial charge in [0, 0.05) is 18.4 Å². The smallest absolute Gasteiger partial charge is 0.117 e. The highest BCUT2D eigenvalue weighted by Gasteiger charge is 2.09. The van der Waals surface area contributed by atoms with Crippen molar-refractivity contribution in [3.63, 3.8) is 0 Å². The van der Waals surface area contributed by atoms with E-state index in [2.05, 4.69) is 22.9 Å². The minimum atomic E-state index is 0.228. The Morgan fingerprint density at radius 2 is 2.35 bits per heavy atom. The molecule has 2 rings (SSSR count). The average molecular weight is 228 g/mol. The number of pyridine rings is 1. The largest absolute Gasteiger partial charge is 0.468 e. The van der Waals surface area contributed by atoms with E-state index in [1.807, 2.05) is 30.5 Å². The summed E-state index contributed by atoms with van der Waals surface area (Å²) >= 11 is 0. The highest BCUT2D eigenvalue weighted by Crippen LogP contribution is 2.16. The zero-order valence-corrected chi connectivity index (χ0v) is 9.67. The number of nitrogens with zero attached hydrogens (tertiary/aromatic N) is 1. The summed E-state index contributed by atoms with van der Waals surface area (Å²) < 4.78 is 5.29. The lowest BCUT2D eigenvalue weighted by Gasteiger charge is -2.16. The van der Waals surface area contributed by atoms with Gasteiger partial charge >= 0.3 is 0 Å². The zero-order valence-electron chi connectivity index (χ0n) is 9.67. The molecule has 0 spiro atoms. The van der Waals surface area contributed by atoms with E-state index in [0.29, 0.717) is 6.54 Å². The van der Waals surface area contributed by atoms with Gasteiger partial charge in [-0.3, -0.25) is 4.98 Å². The second-order valence-electron chi connectivity index (χ2n) is 3.82. The Morgan fingerprint density at radius 3 is 3.00 bits per heavy atom. The predicted octanol–water partition coefficient (Wildman–Crippen LogP) is 3.08. The molecule has 0 fully saturated rings. The molecule has 3 nitrogen and oxygen atoms in total. The van der Waals surface area contributed by atoms with Crippen molar-refractivity contribution >= 4 is 0 Å². The van der Waals surface area contributed by atoms with Crippen LogP contribution in [-0.4, -0.2) is 4.98 Å². The summed E-state index contributed by atoms with van der Waals surface area (Å²) in [6.07, 6.45) is 8.12. The standard InChI is InChI=1S/C14H16N2O/c1-2-5-14(12-6-3-8-15-10-12)16-11-13-7-4-9-17-13/h2-4,6-10,14,16H,1,5,11H2. The van der Waals surface area contributed by atoms with Crippen LogP contribution in [0.25, 0.3) is 0 Å². The Bertz CT molecular complexity index is 437. The fraction of sp³-hybridized carbons (Fsp3) is 0.214. The fourth-order valence-corrected chi connectivity index (χ4v) is 1.72. The first-order valence-corrected chi connectivity index (χ1v) is 5.66. The van der Waals surface area contributed by atoms with E-state index >= 15 is 0 Å². The molecule has 0 amide bonds. The molecule has 0 saturated carbocycles. The summed E-state index contributed by atoms with van der Waals surface area (Å²) in [6.45, 7) is 4.50. The Balaban J connectivity index is 2.00. The average Bonchev–Trinajstić information content (AvgIpc) is 2.88. The van der Waals surface area contributed by atoms with E-state index in [9.17, 15) is 0 Å². The molecule has 0 aliphatic carbocycles. The number of nitrogens with one attached hydrogen (secondary N) is 1. The molecule has 0 bridgehead atoms. The minimum absolute atomic E-state index is 0.228. The lowest BCUT2D eigenvalue weighted by Crippen LogP contribution is -2.20. The summed E-state index contributed by atoms with van der Waals surface area (Å²) in [7, 11) is 0. The van der Waals surface area contributed by atoms with Gasteiger partial charge in [-0.25, -0.2) is 0 Å². The van der Waals surface area contributed by atoms with Gasteiger partial charge in [0.1, 0.15) is 5.76 Å². The van der Waals surface area contributed by atoms with Crippen LogP contribution < -0.4 is 5.32 Å². The van der Waals surface area contributed by atoms with Crippen molar-refractivity contribution in [2.45, 2.75) is 19.0 Å². The van der Waals surface area contributed by atoms with Gasteiger partial charge in [0.25, 0.3) is 0 Å². The summed E-state index contributed by atoms with van der Waals surface area (Å²) in [5.41, 5.74) is 1.17. The van der Waals surface area contributed by atoms with Crippen LogP contribution in [0, 0.1) is 0 Å². The maximum atomic E-state index is 5.29. The maximum absolute atomic E-state index is 5.29. The Hall–Kier alpha value is -1.87. The molecule has 3 heteroatoms. The molecule has 0 saturated heterocycles. The lowest BCUT2D eigenvalue weighted by molar-refractivity contribution is 0.449. The molecule has 88 valence electrons. The van der Waals surface area contributed by atoms with Gasteiger partial charge < -0.3 is 9.73 Å². The van der Waals surface area contributed by atoms with Crippen molar-refractivity contribution in [3.8, 4) is 0 Å². The Labute approximate surface area is 101 Å². The number of aromatic nitrogens is 1. The first-order chi connectivity index (χ1) is 8.40. The molecule has 0 radical (unpaired) electrons. The number of hydrogen-bond acceptors (Lipinski definition) is 3. The van der Waals surface area contributed by atoms with E-state index in [4.69, 9.17) is 4.42 Å². The fourth-order valence-electron chi connectivity index (χ4n) is 1.72. The van der Waals surface area contributed by atoms with Gasteiger partial charge in [0.15, 0.2) is 0 Å². The normalized spacial score (nSPS) is 12.2. The van der Waals surface area contributed by atoms with Crippen molar-refractivity contribution < 1.29 is 4.42 Å². The van der Waals surface area contributed by atoms with E-state index in [0.717, 1.165) is 12.2 Å². The van der Waals surface area contributed by atoms with Crippen LogP contribution in [-0.2, 0) is 6.54 Å². The third-order valence-electron chi connectivity index (χ3n) is 2.59. The summed E-state index contributed by atoms with van der Waals surface area (Å²) in [6, 6.07) is 8.09. The molecular weight excluding hydrogens is 212 g/mol. The monoisotopic (exact) mass is 228 g/mol. The van der Waals surface area contributed by atoms with E-state index in [-0.39, 0.29) is 6.04 Å². The molecule has 2 aromatic heterocycles. The van der Waals surface area contributed by atoms with Crippen LogP contribution in [0.5, 0.6) is 0 Å². The van der Waals surface area contributed by atoms with Crippen LogP contribution in [0.15, 0.2) is 60.0 Å². The molecule has 0 aliphatic heterocycles. The van der Waals surface area contributed by atoms with Crippen LogP contribution in [0.3, 0.4) is 0 Å². The molecule has 17 heavy (non-hydrogen) atoms. The van der Waals surface area contributed by atoms with Gasteiger partial charge in [0.2, 0.25) is 0 Å². The molecular formula is C14H16N2O. The third kappa shape index (κ3) is 3.29. The van der Waals surface area contributed by atoms with Crippen molar-refractivity contribution in [2.75, 3.05) is 0 Å². The highest BCUT2D eigenvalue weighted by molar-refractivity contribution is 5.15. The van der Waals surface area contributed by atoms with Gasteiger partial charge in [0.05, 0.1) is 12.8 Å². The van der Waals surface area contributed by atoms with Crippen LogP contribution >= 0.6 is 0 Å². The molecule has 1 N–H and O–H groups in total. The van der Waals surface area contributed by atoms with E-state index in [1.165, 1.54) is 5.56 Å². The summed E-state index contributed by atoms with van der Waals surface area (Å²) in [5, 5.41) is 3.43. The van der Waals surface area contributed by atoms with Crippen molar-refractivity contribution in [1.29, 1.82) is 0 Å². The van der Waals surface area contributed by atoms with E-state index < -0.39 is 0 Å². The van der Waals surface area contributed by atoms with Crippen molar-refractivity contribution in [3.05, 3.63) is 66.9 Å². The number of hydrogen-bond donors (Lipinski definition) is 1. The zero-order chi connectivity index (χ0) is 11.9. The predicted molar refractivity (Wildman–Crippen MR) is 67.3 cm³/mol. The molecule has 0 aliphatic rings. The second kappa shape index (κ2) is 6.01. The maximum Gasteiger partial charge on any atom is 0.117 e. The summed E-state index contributed by atoms with van der Waals surface area (Å²) in [5.74, 6) is 0.933. The minimum Gasteiger partial charge on any atom is -0.468 e. The van der Waals surface area contributed by atoms with Gasteiger partial charge in [-0.15, -0.1) is 6.58 Å². The Kier molecular flexibility index (Phi) is 4.11. The first kappa shape index (κ1) is 11.6. The highest BCUT2D eigenvalue weighted by atomic mass is 16.3. The van der Waals surface area contributed by atoms with E-state index in [1.54, 1.807) is 12.5 Å². The molecule has 0 aromatic carbocycles. The Morgan fingerprint density at radius 1 is 1.41 bits per heavy atom. The van der Waals surface area contributed by atoms with Gasteiger partial charge in [-0.05, 0) is 30.2 Å². The number of rotatable bonds is 6. The van der Waals surface area contributed by atoms with Gasteiger partial charge in [-0.1, -0.05) is 12.1 Å². The SMILES string of the molecule is C=CCC(NCc1ccco1)c1cccnc1. The first-order valence-electron chi connectivity index (χ1n) is 5.66. The van der Waals surface area contributed by atoms with Crippen LogP contribution in [0.4, 0.5) is 0 Å². The summed E-state index contributed by atoms with van der Waals surface area (Å²) in [4.78, 5) is 4.14. The number of furan rings is 1. The second-order valence-corrected chi connectivity index (χ2v) is 3.82. The van der Waals surface area contributed by atoms with Gasteiger partial charge in [-0.2, -0.15) is 0 Å².